The van der Waals surface area contributed by atoms with Crippen LogP contribution in [0.25, 0.3) is 0 Å². The molecule has 0 radical (unpaired) electrons. The minimum atomic E-state index is -1.53. The van der Waals surface area contributed by atoms with Crippen molar-refractivity contribution >= 4 is 29.0 Å². The fourth-order valence-electron chi connectivity index (χ4n) is 3.82. The number of Topliss-reactive ketones (excluding diaryl/α,β-unsaturated/α-hetero) is 1. The van der Waals surface area contributed by atoms with Gasteiger partial charge in [0.2, 0.25) is 0 Å². The number of ketones is 1. The molecule has 2 aromatic carbocycles. The molecule has 1 amide bonds. The number of non-ortho nitro benzene ring substituents is 1. The second-order valence-electron chi connectivity index (χ2n) is 7.45. The number of carbonyl (C=O) groups is 2. The van der Waals surface area contributed by atoms with E-state index in [1.54, 1.807) is 0 Å². The van der Waals surface area contributed by atoms with Gasteiger partial charge in [-0.05, 0) is 23.6 Å². The molecule has 0 fully saturated rings. The Morgan fingerprint density at radius 2 is 1.78 bits per heavy atom. The first-order chi connectivity index (χ1) is 15.3. The minimum absolute atomic E-state index is 0.0400. The topological polar surface area (TPSA) is 103 Å². The average molecular weight is 452 g/mol. The Balaban J connectivity index is 1.76. The Bertz CT molecular complexity index is 1290. The van der Waals surface area contributed by atoms with Gasteiger partial charge in [0.15, 0.2) is 11.8 Å². The predicted molar refractivity (Wildman–Crippen MR) is 118 cm³/mol. The maximum atomic E-state index is 13.6. The van der Waals surface area contributed by atoms with Crippen molar-refractivity contribution in [3.8, 4) is 0 Å². The summed E-state index contributed by atoms with van der Waals surface area (Å²) in [6, 6.07) is 13.8. The van der Waals surface area contributed by atoms with Crippen LogP contribution < -0.4 is 5.56 Å². The van der Waals surface area contributed by atoms with Gasteiger partial charge in [0.05, 0.1) is 9.95 Å². The zero-order valence-corrected chi connectivity index (χ0v) is 17.6. The third kappa shape index (κ3) is 4.17. The van der Waals surface area contributed by atoms with Gasteiger partial charge in [-0.15, -0.1) is 0 Å². The van der Waals surface area contributed by atoms with E-state index in [-0.39, 0.29) is 16.3 Å². The van der Waals surface area contributed by atoms with Crippen LogP contribution >= 0.6 is 11.6 Å². The van der Waals surface area contributed by atoms with Crippen LogP contribution in [0.4, 0.5) is 5.69 Å². The van der Waals surface area contributed by atoms with E-state index in [2.05, 4.69) is 0 Å². The summed E-state index contributed by atoms with van der Waals surface area (Å²) in [4.78, 5) is 51.7. The zero-order chi connectivity index (χ0) is 22.8. The SMILES string of the molecule is O=C(c1cccc([N+](=O)[O-])c1)C(C(=O)N1CCc2ccccc2C1)n1cc(Cl)ccc1=O. The number of hydrogen-bond donors (Lipinski definition) is 0. The van der Waals surface area contributed by atoms with Gasteiger partial charge in [-0.1, -0.05) is 48.0 Å². The summed E-state index contributed by atoms with van der Waals surface area (Å²) < 4.78 is 0.992. The molecule has 0 aliphatic carbocycles. The number of pyridine rings is 1. The summed E-state index contributed by atoms with van der Waals surface area (Å²) >= 11 is 6.05. The molecular formula is C23H18ClN3O5. The van der Waals surface area contributed by atoms with E-state index in [1.807, 2.05) is 24.3 Å². The van der Waals surface area contributed by atoms with E-state index >= 15 is 0 Å². The summed E-state index contributed by atoms with van der Waals surface area (Å²) in [5.41, 5.74) is 1.18. The van der Waals surface area contributed by atoms with E-state index in [0.717, 1.165) is 21.8 Å². The number of nitro benzene ring substituents is 1. The van der Waals surface area contributed by atoms with Crippen molar-refractivity contribution in [2.24, 2.45) is 0 Å². The van der Waals surface area contributed by atoms with Crippen molar-refractivity contribution in [1.82, 2.24) is 9.47 Å². The standard InChI is InChI=1S/C23H18ClN3O5/c24-18-8-9-20(28)26(14-18)21(22(29)16-6-3-7-19(12-16)27(31)32)23(30)25-11-10-15-4-1-2-5-17(15)13-25/h1-9,12,14,21H,10-11,13H2. The number of nitrogens with zero attached hydrogens (tertiary/aromatic N) is 3. The normalized spacial score (nSPS) is 13.8. The third-order valence-electron chi connectivity index (χ3n) is 5.45. The van der Waals surface area contributed by atoms with Gasteiger partial charge in [0.1, 0.15) is 0 Å². The molecular weight excluding hydrogens is 434 g/mol. The number of halogens is 1. The first-order valence-electron chi connectivity index (χ1n) is 9.87. The van der Waals surface area contributed by atoms with Crippen LogP contribution in [0.3, 0.4) is 0 Å². The lowest BCUT2D eigenvalue weighted by Gasteiger charge is -2.32. The Morgan fingerprint density at radius 1 is 1.03 bits per heavy atom. The molecule has 0 saturated carbocycles. The molecule has 1 atom stereocenters. The Hall–Kier alpha value is -3.78. The summed E-state index contributed by atoms with van der Waals surface area (Å²) in [6.07, 6.45) is 1.85. The third-order valence-corrected chi connectivity index (χ3v) is 5.67. The first kappa shape index (κ1) is 21.5. The number of hydrogen-bond acceptors (Lipinski definition) is 5. The fraction of sp³-hybridized carbons (Fsp3) is 0.174. The van der Waals surface area contributed by atoms with Gasteiger partial charge in [0, 0.05) is 43.0 Å². The van der Waals surface area contributed by atoms with Crippen LogP contribution in [0.15, 0.2) is 71.7 Å². The molecule has 2 heterocycles. The highest BCUT2D eigenvalue weighted by Crippen LogP contribution is 2.25. The minimum Gasteiger partial charge on any atom is -0.336 e. The van der Waals surface area contributed by atoms with Crippen LogP contribution in [0.2, 0.25) is 5.02 Å². The van der Waals surface area contributed by atoms with Crippen LogP contribution in [0, 0.1) is 10.1 Å². The maximum absolute atomic E-state index is 13.6. The van der Waals surface area contributed by atoms with Crippen LogP contribution in [-0.2, 0) is 17.8 Å². The van der Waals surface area contributed by atoms with Crippen molar-refractivity contribution in [3.63, 3.8) is 0 Å². The number of benzene rings is 2. The number of nitro groups is 1. The largest absolute Gasteiger partial charge is 0.336 e. The predicted octanol–water partition coefficient (Wildman–Crippen LogP) is 3.42. The van der Waals surface area contributed by atoms with E-state index in [0.29, 0.717) is 19.5 Å². The van der Waals surface area contributed by atoms with Crippen LogP contribution in [-0.4, -0.2) is 32.6 Å². The molecule has 1 aliphatic heterocycles. The molecule has 4 rings (SSSR count). The molecule has 8 nitrogen and oxygen atoms in total. The molecule has 0 N–H and O–H groups in total. The number of carbonyl (C=O) groups excluding carboxylic acids is 2. The van der Waals surface area contributed by atoms with Gasteiger partial charge >= 0.3 is 0 Å². The smallest absolute Gasteiger partial charge is 0.270 e. The molecule has 1 unspecified atom stereocenters. The molecule has 162 valence electrons. The van der Waals surface area contributed by atoms with Gasteiger partial charge < -0.3 is 4.90 Å². The van der Waals surface area contributed by atoms with Crippen molar-refractivity contribution in [2.45, 2.75) is 19.0 Å². The second kappa shape index (κ2) is 8.76. The van der Waals surface area contributed by atoms with Gasteiger partial charge in [-0.25, -0.2) is 0 Å². The van der Waals surface area contributed by atoms with E-state index in [4.69, 9.17) is 11.6 Å². The van der Waals surface area contributed by atoms with Gasteiger partial charge in [-0.2, -0.15) is 0 Å². The monoisotopic (exact) mass is 451 g/mol. The highest BCUT2D eigenvalue weighted by molar-refractivity contribution is 6.30. The Labute approximate surface area is 187 Å². The number of fused-ring (bicyclic) bond motifs is 1. The summed E-state index contributed by atoms with van der Waals surface area (Å²) in [7, 11) is 0. The average Bonchev–Trinajstić information content (AvgIpc) is 2.81. The lowest BCUT2D eigenvalue weighted by atomic mass is 9.97. The van der Waals surface area contributed by atoms with Crippen molar-refractivity contribution in [3.05, 3.63) is 109 Å². The van der Waals surface area contributed by atoms with Gasteiger partial charge in [-0.3, -0.25) is 29.1 Å². The van der Waals surface area contributed by atoms with Crippen LogP contribution in [0.5, 0.6) is 0 Å². The number of rotatable bonds is 5. The molecule has 1 aliphatic rings. The quantitative estimate of drug-likeness (QED) is 0.256. The summed E-state index contributed by atoms with van der Waals surface area (Å²) in [5, 5.41) is 11.3. The molecule has 0 spiro atoms. The zero-order valence-electron chi connectivity index (χ0n) is 16.8. The fourth-order valence-corrected chi connectivity index (χ4v) is 3.99. The second-order valence-corrected chi connectivity index (χ2v) is 7.88. The molecule has 1 aromatic heterocycles. The van der Waals surface area contributed by atoms with E-state index < -0.39 is 28.2 Å². The summed E-state index contributed by atoms with van der Waals surface area (Å²) in [5.74, 6) is -1.29. The highest BCUT2D eigenvalue weighted by atomic mass is 35.5. The maximum Gasteiger partial charge on any atom is 0.270 e. The molecule has 0 bridgehead atoms. The number of amides is 1. The Morgan fingerprint density at radius 3 is 2.53 bits per heavy atom. The molecule has 3 aromatic rings. The highest BCUT2D eigenvalue weighted by Gasteiger charge is 2.35. The summed E-state index contributed by atoms with van der Waals surface area (Å²) in [6.45, 7) is 0.674. The first-order valence-corrected chi connectivity index (χ1v) is 10.2. The van der Waals surface area contributed by atoms with E-state index in [1.165, 1.54) is 41.4 Å². The van der Waals surface area contributed by atoms with Crippen LogP contribution in [0.1, 0.15) is 27.5 Å². The Kier molecular flexibility index (Phi) is 5.87. The lowest BCUT2D eigenvalue weighted by molar-refractivity contribution is -0.384. The number of aromatic nitrogens is 1. The molecule has 32 heavy (non-hydrogen) atoms. The lowest BCUT2D eigenvalue weighted by Crippen LogP contribution is -2.45. The van der Waals surface area contributed by atoms with E-state index in [9.17, 15) is 24.5 Å². The molecule has 0 saturated heterocycles. The van der Waals surface area contributed by atoms with Crippen molar-refractivity contribution in [2.75, 3.05) is 6.54 Å². The molecule has 9 heteroatoms. The van der Waals surface area contributed by atoms with Gasteiger partial charge in [0.25, 0.3) is 17.2 Å². The van der Waals surface area contributed by atoms with Crippen molar-refractivity contribution < 1.29 is 14.5 Å². The van der Waals surface area contributed by atoms with Crippen molar-refractivity contribution in [1.29, 1.82) is 0 Å².